The summed E-state index contributed by atoms with van der Waals surface area (Å²) in [5, 5.41) is 0. The average molecular weight is 480 g/mol. The van der Waals surface area contributed by atoms with Crippen LogP contribution in [0.4, 0.5) is 0 Å². The molecule has 2 heterocycles. The van der Waals surface area contributed by atoms with Crippen molar-refractivity contribution in [3.63, 3.8) is 0 Å². The molecule has 0 aliphatic carbocycles. The first kappa shape index (κ1) is 23.5. The Bertz CT molecular complexity index is 1250. The number of hydrogen-bond acceptors (Lipinski definition) is 5. The Balaban J connectivity index is 1.29. The second kappa shape index (κ2) is 10.5. The van der Waals surface area contributed by atoms with Gasteiger partial charge in [-0.15, -0.1) is 0 Å². The monoisotopic (exact) mass is 479 g/mol. The van der Waals surface area contributed by atoms with Crippen LogP contribution in [0.15, 0.2) is 88.4 Å². The van der Waals surface area contributed by atoms with Gasteiger partial charge in [0.2, 0.25) is 15.9 Å². The molecule has 0 radical (unpaired) electrons. The van der Waals surface area contributed by atoms with Crippen molar-refractivity contribution in [3.8, 4) is 0 Å². The second-order valence-corrected chi connectivity index (χ2v) is 9.56. The number of amides is 2. The van der Waals surface area contributed by atoms with Crippen molar-refractivity contribution in [2.75, 3.05) is 26.2 Å². The highest BCUT2D eigenvalue weighted by atomic mass is 32.2. The average Bonchev–Trinajstić information content (AvgIpc) is 3.40. The first-order chi connectivity index (χ1) is 16.4. The highest BCUT2D eigenvalue weighted by Gasteiger charge is 2.23. The fraction of sp³-hybridized carbons (Fsp3) is 0.200. The molecule has 1 aromatic heterocycles. The lowest BCUT2D eigenvalue weighted by Gasteiger charge is -2.34. The van der Waals surface area contributed by atoms with Crippen LogP contribution in [0.25, 0.3) is 6.08 Å². The first-order valence-electron chi connectivity index (χ1n) is 10.9. The lowest BCUT2D eigenvalue weighted by atomic mass is 10.1. The maximum Gasteiger partial charge on any atom is 0.253 e. The predicted octanol–water partition coefficient (Wildman–Crippen LogP) is 2.76. The van der Waals surface area contributed by atoms with Gasteiger partial charge in [-0.05, 0) is 48.0 Å². The van der Waals surface area contributed by atoms with Crippen molar-refractivity contribution in [2.24, 2.45) is 0 Å². The van der Waals surface area contributed by atoms with Gasteiger partial charge in [-0.3, -0.25) is 9.59 Å². The van der Waals surface area contributed by atoms with Crippen LogP contribution in [-0.4, -0.2) is 56.2 Å². The van der Waals surface area contributed by atoms with Crippen molar-refractivity contribution in [3.05, 3.63) is 96.0 Å². The molecule has 2 aromatic carbocycles. The summed E-state index contributed by atoms with van der Waals surface area (Å²) in [6.07, 6.45) is 4.60. The van der Waals surface area contributed by atoms with Crippen molar-refractivity contribution in [1.82, 2.24) is 14.5 Å². The van der Waals surface area contributed by atoms with Crippen LogP contribution in [0.1, 0.15) is 21.7 Å². The second-order valence-electron chi connectivity index (χ2n) is 7.79. The van der Waals surface area contributed by atoms with E-state index in [4.69, 9.17) is 4.42 Å². The van der Waals surface area contributed by atoms with E-state index in [1.807, 2.05) is 18.2 Å². The summed E-state index contributed by atoms with van der Waals surface area (Å²) in [6, 6.07) is 18.7. The van der Waals surface area contributed by atoms with E-state index < -0.39 is 10.0 Å². The number of nitrogens with zero attached hydrogens (tertiary/aromatic N) is 2. The number of benzene rings is 2. The molecule has 2 amide bonds. The fourth-order valence-electron chi connectivity index (χ4n) is 3.59. The Morgan fingerprint density at radius 3 is 2.21 bits per heavy atom. The zero-order valence-electron chi connectivity index (χ0n) is 18.5. The molecule has 1 N–H and O–H groups in total. The third-order valence-corrected chi connectivity index (χ3v) is 6.94. The molecule has 3 aromatic rings. The number of sulfonamides is 1. The van der Waals surface area contributed by atoms with Gasteiger partial charge in [0.05, 0.1) is 17.7 Å². The molecule has 0 atom stereocenters. The van der Waals surface area contributed by atoms with E-state index >= 15 is 0 Å². The molecule has 176 valence electrons. The van der Waals surface area contributed by atoms with Crippen LogP contribution in [0.2, 0.25) is 0 Å². The molecule has 0 saturated carbocycles. The molecule has 0 spiro atoms. The van der Waals surface area contributed by atoms with Gasteiger partial charge in [0.1, 0.15) is 5.76 Å². The van der Waals surface area contributed by atoms with Crippen LogP contribution in [0.5, 0.6) is 0 Å². The number of nitrogens with one attached hydrogen (secondary N) is 1. The molecular formula is C25H25N3O5S. The lowest BCUT2D eigenvalue weighted by Crippen LogP contribution is -2.50. The van der Waals surface area contributed by atoms with Crippen LogP contribution < -0.4 is 4.72 Å². The summed E-state index contributed by atoms with van der Waals surface area (Å²) in [7, 11) is -3.68. The summed E-state index contributed by atoms with van der Waals surface area (Å²) in [4.78, 5) is 28.7. The van der Waals surface area contributed by atoms with E-state index in [0.29, 0.717) is 43.1 Å². The maximum atomic E-state index is 12.6. The van der Waals surface area contributed by atoms with Gasteiger partial charge in [-0.25, -0.2) is 13.1 Å². The normalized spacial score (nSPS) is 14.5. The molecule has 0 bridgehead atoms. The van der Waals surface area contributed by atoms with Gasteiger partial charge in [0, 0.05) is 37.8 Å². The minimum Gasteiger partial charge on any atom is -0.468 e. The molecule has 1 aliphatic rings. The highest BCUT2D eigenvalue weighted by molar-refractivity contribution is 7.89. The van der Waals surface area contributed by atoms with Crippen LogP contribution in [0, 0.1) is 0 Å². The van der Waals surface area contributed by atoms with Gasteiger partial charge >= 0.3 is 0 Å². The zero-order chi connectivity index (χ0) is 24.0. The van der Waals surface area contributed by atoms with Crippen molar-refractivity contribution < 1.29 is 22.4 Å². The van der Waals surface area contributed by atoms with E-state index in [9.17, 15) is 18.0 Å². The Hall–Kier alpha value is -3.69. The Kier molecular flexibility index (Phi) is 7.24. The maximum absolute atomic E-state index is 12.6. The molecule has 0 unspecified atom stereocenters. The quantitative estimate of drug-likeness (QED) is 0.526. The van der Waals surface area contributed by atoms with Gasteiger partial charge < -0.3 is 14.2 Å². The van der Waals surface area contributed by atoms with Crippen LogP contribution in [-0.2, 0) is 21.4 Å². The van der Waals surface area contributed by atoms with Crippen LogP contribution >= 0.6 is 0 Å². The molecule has 1 saturated heterocycles. The van der Waals surface area contributed by atoms with Crippen LogP contribution in [0.3, 0.4) is 0 Å². The lowest BCUT2D eigenvalue weighted by molar-refractivity contribution is -0.127. The van der Waals surface area contributed by atoms with Gasteiger partial charge in [-0.2, -0.15) is 0 Å². The van der Waals surface area contributed by atoms with E-state index in [1.165, 1.54) is 24.5 Å². The van der Waals surface area contributed by atoms with E-state index in [2.05, 4.69) is 4.72 Å². The van der Waals surface area contributed by atoms with Gasteiger partial charge in [0.25, 0.3) is 5.91 Å². The van der Waals surface area contributed by atoms with Crippen molar-refractivity contribution in [1.29, 1.82) is 0 Å². The minimum atomic E-state index is -3.68. The summed E-state index contributed by atoms with van der Waals surface area (Å²) >= 11 is 0. The smallest absolute Gasteiger partial charge is 0.253 e. The molecule has 9 heteroatoms. The number of rotatable bonds is 7. The number of furan rings is 1. The molecule has 4 rings (SSSR count). The Morgan fingerprint density at radius 2 is 1.56 bits per heavy atom. The number of hydrogen-bond donors (Lipinski definition) is 1. The first-order valence-corrected chi connectivity index (χ1v) is 12.3. The van der Waals surface area contributed by atoms with Crippen molar-refractivity contribution >= 4 is 27.9 Å². The van der Waals surface area contributed by atoms with Gasteiger partial charge in [0.15, 0.2) is 0 Å². The molecule has 1 aliphatic heterocycles. The summed E-state index contributed by atoms with van der Waals surface area (Å²) in [5.74, 6) is 0.340. The number of piperazine rings is 1. The number of carbonyl (C=O) groups excluding carboxylic acids is 2. The third kappa shape index (κ3) is 5.81. The van der Waals surface area contributed by atoms with Gasteiger partial charge in [-0.1, -0.05) is 30.3 Å². The largest absolute Gasteiger partial charge is 0.468 e. The standard InChI is InChI=1S/C25H25N3O5S/c29-24(27-14-16-28(17-15-27)25(30)21-5-2-1-3-6-21)13-10-20-8-11-23(12-9-20)34(31,32)26-19-22-7-4-18-33-22/h1-13,18,26H,14-17,19H2. The molecule has 1 fully saturated rings. The topological polar surface area (TPSA) is 99.9 Å². The highest BCUT2D eigenvalue weighted by Crippen LogP contribution is 2.14. The fourth-order valence-corrected chi connectivity index (χ4v) is 4.58. The van der Waals surface area contributed by atoms with E-state index in [-0.39, 0.29) is 23.3 Å². The number of carbonyl (C=O) groups is 2. The predicted molar refractivity (Wildman–Crippen MR) is 127 cm³/mol. The Morgan fingerprint density at radius 1 is 0.882 bits per heavy atom. The third-order valence-electron chi connectivity index (χ3n) is 5.52. The zero-order valence-corrected chi connectivity index (χ0v) is 19.3. The summed E-state index contributed by atoms with van der Waals surface area (Å²) in [6.45, 7) is 1.94. The van der Waals surface area contributed by atoms with Crippen molar-refractivity contribution in [2.45, 2.75) is 11.4 Å². The molecule has 8 nitrogen and oxygen atoms in total. The van der Waals surface area contributed by atoms with E-state index in [1.54, 1.807) is 52.3 Å². The minimum absolute atomic E-state index is 0.0306. The molecular weight excluding hydrogens is 454 g/mol. The summed E-state index contributed by atoms with van der Waals surface area (Å²) in [5.41, 5.74) is 1.35. The summed E-state index contributed by atoms with van der Waals surface area (Å²) < 4.78 is 32.5. The SMILES string of the molecule is O=C(C=Cc1ccc(S(=O)(=O)NCc2ccco2)cc1)N1CCN(C(=O)c2ccccc2)CC1. The van der Waals surface area contributed by atoms with E-state index in [0.717, 1.165) is 0 Å². The Labute approximate surface area is 198 Å². The molecule has 34 heavy (non-hydrogen) atoms.